The highest BCUT2D eigenvalue weighted by molar-refractivity contribution is 5.85. The van der Waals surface area contributed by atoms with Crippen molar-refractivity contribution in [3.8, 4) is 0 Å². The SMILES string of the molecule is CCCC(=O)NCC(=O)NC[C@@H](C)NCC.Cl. The summed E-state index contributed by atoms with van der Waals surface area (Å²) in [6, 6.07) is 0.250. The monoisotopic (exact) mass is 265 g/mol. The first kappa shape index (κ1) is 18.6. The van der Waals surface area contributed by atoms with Crippen LogP contribution in [0, 0.1) is 0 Å². The summed E-state index contributed by atoms with van der Waals surface area (Å²) in [5.41, 5.74) is 0. The zero-order valence-electron chi connectivity index (χ0n) is 10.8. The van der Waals surface area contributed by atoms with E-state index in [4.69, 9.17) is 0 Å². The van der Waals surface area contributed by atoms with Gasteiger partial charge < -0.3 is 16.0 Å². The van der Waals surface area contributed by atoms with Crippen LogP contribution in [0.25, 0.3) is 0 Å². The van der Waals surface area contributed by atoms with Gasteiger partial charge in [-0.1, -0.05) is 13.8 Å². The smallest absolute Gasteiger partial charge is 0.239 e. The lowest BCUT2D eigenvalue weighted by atomic mass is 10.3. The number of likely N-dealkylation sites (N-methyl/N-ethyl adjacent to an activating group) is 1. The Kier molecular flexibility index (Phi) is 12.7. The van der Waals surface area contributed by atoms with Crippen molar-refractivity contribution >= 4 is 24.2 Å². The van der Waals surface area contributed by atoms with Gasteiger partial charge in [-0.25, -0.2) is 0 Å². The molecular formula is C11H24ClN3O2. The molecule has 102 valence electrons. The van der Waals surface area contributed by atoms with Crippen molar-refractivity contribution < 1.29 is 9.59 Å². The van der Waals surface area contributed by atoms with E-state index in [9.17, 15) is 9.59 Å². The van der Waals surface area contributed by atoms with Gasteiger partial charge in [-0.15, -0.1) is 12.4 Å². The Bertz CT molecular complexity index is 225. The molecule has 0 aromatic carbocycles. The molecule has 0 radical (unpaired) electrons. The predicted molar refractivity (Wildman–Crippen MR) is 71.3 cm³/mol. The van der Waals surface area contributed by atoms with Gasteiger partial charge in [0.2, 0.25) is 11.8 Å². The van der Waals surface area contributed by atoms with E-state index in [1.807, 2.05) is 20.8 Å². The summed E-state index contributed by atoms with van der Waals surface area (Å²) in [6.07, 6.45) is 1.27. The maximum Gasteiger partial charge on any atom is 0.239 e. The van der Waals surface area contributed by atoms with Gasteiger partial charge in [0, 0.05) is 19.0 Å². The molecule has 0 spiro atoms. The highest BCUT2D eigenvalue weighted by Gasteiger charge is 2.05. The van der Waals surface area contributed by atoms with Gasteiger partial charge in [0.15, 0.2) is 0 Å². The Morgan fingerprint density at radius 3 is 2.29 bits per heavy atom. The van der Waals surface area contributed by atoms with E-state index >= 15 is 0 Å². The second kappa shape index (κ2) is 11.7. The molecule has 0 saturated heterocycles. The van der Waals surface area contributed by atoms with Crippen molar-refractivity contribution in [1.82, 2.24) is 16.0 Å². The molecule has 0 bridgehead atoms. The molecule has 0 aromatic heterocycles. The minimum absolute atomic E-state index is 0. The standard InChI is InChI=1S/C11H23N3O2.ClH/c1-4-6-10(15)14-8-11(16)13-7-9(3)12-5-2;/h9,12H,4-8H2,1-3H3,(H,13,16)(H,14,15);1H/t9-;/m1./s1. The molecule has 0 rings (SSSR count). The number of halogens is 1. The third-order valence-corrected chi connectivity index (χ3v) is 2.08. The van der Waals surface area contributed by atoms with Gasteiger partial charge in [-0.05, 0) is 19.9 Å². The van der Waals surface area contributed by atoms with E-state index in [-0.39, 0.29) is 36.8 Å². The van der Waals surface area contributed by atoms with Crippen LogP contribution in [-0.2, 0) is 9.59 Å². The van der Waals surface area contributed by atoms with Crippen LogP contribution in [0.15, 0.2) is 0 Å². The summed E-state index contributed by atoms with van der Waals surface area (Å²) in [6.45, 7) is 7.47. The van der Waals surface area contributed by atoms with Crippen molar-refractivity contribution in [2.24, 2.45) is 0 Å². The van der Waals surface area contributed by atoms with E-state index in [1.54, 1.807) is 0 Å². The summed E-state index contributed by atoms with van der Waals surface area (Å²) in [7, 11) is 0. The highest BCUT2D eigenvalue weighted by Crippen LogP contribution is 1.84. The first-order valence-corrected chi connectivity index (χ1v) is 5.86. The summed E-state index contributed by atoms with van der Waals surface area (Å²) in [4.78, 5) is 22.4. The van der Waals surface area contributed by atoms with Crippen molar-refractivity contribution in [2.75, 3.05) is 19.6 Å². The Balaban J connectivity index is 0. The maximum absolute atomic E-state index is 11.3. The Morgan fingerprint density at radius 2 is 1.76 bits per heavy atom. The van der Waals surface area contributed by atoms with Crippen LogP contribution in [0.3, 0.4) is 0 Å². The minimum Gasteiger partial charge on any atom is -0.353 e. The molecule has 0 aromatic rings. The fourth-order valence-corrected chi connectivity index (χ4v) is 1.24. The largest absolute Gasteiger partial charge is 0.353 e. The summed E-state index contributed by atoms with van der Waals surface area (Å²) >= 11 is 0. The molecule has 17 heavy (non-hydrogen) atoms. The second-order valence-corrected chi connectivity index (χ2v) is 3.79. The predicted octanol–water partition coefficient (Wildman–Crippen LogP) is 0.439. The van der Waals surface area contributed by atoms with Crippen LogP contribution < -0.4 is 16.0 Å². The third kappa shape index (κ3) is 11.5. The van der Waals surface area contributed by atoms with Crippen molar-refractivity contribution in [2.45, 2.75) is 39.7 Å². The van der Waals surface area contributed by atoms with Crippen molar-refractivity contribution in [3.63, 3.8) is 0 Å². The first-order valence-electron chi connectivity index (χ1n) is 5.86. The van der Waals surface area contributed by atoms with Gasteiger partial charge in [0.25, 0.3) is 0 Å². The molecule has 1 atom stereocenters. The van der Waals surface area contributed by atoms with E-state index in [0.29, 0.717) is 13.0 Å². The quantitative estimate of drug-likeness (QED) is 0.596. The highest BCUT2D eigenvalue weighted by atomic mass is 35.5. The number of carbonyl (C=O) groups is 2. The topological polar surface area (TPSA) is 70.2 Å². The van der Waals surface area contributed by atoms with E-state index in [0.717, 1.165) is 13.0 Å². The molecule has 0 saturated carbocycles. The molecule has 5 nitrogen and oxygen atoms in total. The minimum atomic E-state index is -0.144. The second-order valence-electron chi connectivity index (χ2n) is 3.79. The third-order valence-electron chi connectivity index (χ3n) is 2.08. The fraction of sp³-hybridized carbons (Fsp3) is 0.818. The Hall–Kier alpha value is -0.810. The van der Waals surface area contributed by atoms with E-state index < -0.39 is 0 Å². The van der Waals surface area contributed by atoms with Gasteiger partial charge in [0.05, 0.1) is 6.54 Å². The number of hydrogen-bond donors (Lipinski definition) is 3. The average Bonchev–Trinajstić information content (AvgIpc) is 2.24. The summed E-state index contributed by atoms with van der Waals surface area (Å²) < 4.78 is 0. The first-order chi connectivity index (χ1) is 7.60. The molecule has 6 heteroatoms. The molecule has 3 N–H and O–H groups in total. The fourth-order valence-electron chi connectivity index (χ4n) is 1.24. The van der Waals surface area contributed by atoms with E-state index in [2.05, 4.69) is 16.0 Å². The van der Waals surface area contributed by atoms with E-state index in [1.165, 1.54) is 0 Å². The normalized spacial score (nSPS) is 11.2. The molecule has 0 heterocycles. The number of hydrogen-bond acceptors (Lipinski definition) is 3. The number of carbonyl (C=O) groups excluding carboxylic acids is 2. The maximum atomic E-state index is 11.3. The van der Waals surface area contributed by atoms with Crippen molar-refractivity contribution in [3.05, 3.63) is 0 Å². The number of rotatable bonds is 8. The summed E-state index contributed by atoms with van der Waals surface area (Å²) in [5.74, 6) is -0.216. The molecule has 0 aliphatic heterocycles. The number of nitrogens with one attached hydrogen (secondary N) is 3. The van der Waals surface area contributed by atoms with Crippen LogP contribution >= 0.6 is 12.4 Å². The lowest BCUT2D eigenvalue weighted by Crippen LogP contribution is -2.43. The molecule has 0 unspecified atom stereocenters. The van der Waals surface area contributed by atoms with Gasteiger partial charge in [-0.3, -0.25) is 9.59 Å². The van der Waals surface area contributed by atoms with Crippen LogP contribution in [0.4, 0.5) is 0 Å². The average molecular weight is 266 g/mol. The van der Waals surface area contributed by atoms with Gasteiger partial charge in [-0.2, -0.15) is 0 Å². The van der Waals surface area contributed by atoms with Crippen LogP contribution in [0.5, 0.6) is 0 Å². The van der Waals surface area contributed by atoms with Crippen LogP contribution in [0.2, 0.25) is 0 Å². The molecule has 0 fully saturated rings. The molecule has 0 aliphatic rings. The zero-order chi connectivity index (χ0) is 12.4. The zero-order valence-corrected chi connectivity index (χ0v) is 11.7. The van der Waals surface area contributed by atoms with Crippen molar-refractivity contribution in [1.29, 1.82) is 0 Å². The molecule has 0 aliphatic carbocycles. The lowest BCUT2D eigenvalue weighted by Gasteiger charge is -2.13. The molecule has 2 amide bonds. The van der Waals surface area contributed by atoms with Gasteiger partial charge in [0.1, 0.15) is 0 Å². The Labute approximate surface area is 110 Å². The van der Waals surface area contributed by atoms with Crippen LogP contribution in [-0.4, -0.2) is 37.5 Å². The van der Waals surface area contributed by atoms with Crippen LogP contribution in [0.1, 0.15) is 33.6 Å². The lowest BCUT2D eigenvalue weighted by molar-refractivity contribution is -0.126. The Morgan fingerprint density at radius 1 is 1.12 bits per heavy atom. The summed E-state index contributed by atoms with van der Waals surface area (Å²) in [5, 5.41) is 8.50. The number of amides is 2. The van der Waals surface area contributed by atoms with Gasteiger partial charge >= 0.3 is 0 Å². The molecular weight excluding hydrogens is 242 g/mol.